The molecule has 0 saturated carbocycles. The van der Waals surface area contributed by atoms with Crippen LogP contribution in [0.1, 0.15) is 17.4 Å². The molecule has 1 aromatic heterocycles. The van der Waals surface area contributed by atoms with Gasteiger partial charge in [-0.15, -0.1) is 0 Å². The summed E-state index contributed by atoms with van der Waals surface area (Å²) in [5.41, 5.74) is 6.65. The first-order chi connectivity index (χ1) is 8.69. The number of benzene rings is 1. The zero-order valence-corrected chi connectivity index (χ0v) is 10.6. The van der Waals surface area contributed by atoms with E-state index >= 15 is 0 Å². The van der Waals surface area contributed by atoms with E-state index < -0.39 is 6.04 Å². The molecule has 2 aromatic rings. The number of methoxy groups -OCH3 is 2. The van der Waals surface area contributed by atoms with Gasteiger partial charge in [0, 0.05) is 0 Å². The smallest absolute Gasteiger partial charge is 0.213 e. The Kier molecular flexibility index (Phi) is 3.69. The summed E-state index contributed by atoms with van der Waals surface area (Å²) in [6, 6.07) is 2.88. The van der Waals surface area contributed by atoms with Gasteiger partial charge in [-0.05, 0) is 11.6 Å². The van der Waals surface area contributed by atoms with Gasteiger partial charge in [-0.25, -0.2) is 0 Å². The molecule has 1 unspecified atom stereocenters. The average Bonchev–Trinajstić information content (AvgIpc) is 2.91. The molecule has 0 aliphatic heterocycles. The first kappa shape index (κ1) is 12.7. The molecule has 96 valence electrons. The van der Waals surface area contributed by atoms with Crippen LogP contribution in [-0.4, -0.2) is 24.4 Å². The maximum Gasteiger partial charge on any atom is 0.213 e. The Bertz CT molecular complexity index is 531. The van der Waals surface area contributed by atoms with Crippen molar-refractivity contribution >= 4 is 11.6 Å². The molecular weight excluding hydrogens is 258 g/mol. The van der Waals surface area contributed by atoms with Crippen molar-refractivity contribution in [3.05, 3.63) is 34.9 Å². The maximum atomic E-state index is 6.23. The van der Waals surface area contributed by atoms with Gasteiger partial charge >= 0.3 is 0 Å². The van der Waals surface area contributed by atoms with Crippen LogP contribution in [-0.2, 0) is 0 Å². The molecule has 0 aliphatic rings. The van der Waals surface area contributed by atoms with Gasteiger partial charge in [-0.3, -0.25) is 0 Å². The topological polar surface area (TPSA) is 83.4 Å². The Balaban J connectivity index is 2.46. The van der Waals surface area contributed by atoms with E-state index in [1.54, 1.807) is 12.1 Å². The Morgan fingerprint density at radius 1 is 1.33 bits per heavy atom. The third-order valence-corrected chi connectivity index (χ3v) is 2.90. The van der Waals surface area contributed by atoms with Crippen LogP contribution in [0, 0.1) is 0 Å². The van der Waals surface area contributed by atoms with Crippen molar-refractivity contribution in [2.45, 2.75) is 6.04 Å². The molecule has 0 radical (unpaired) electrons. The molecule has 1 aromatic carbocycles. The van der Waals surface area contributed by atoms with E-state index in [1.807, 2.05) is 0 Å². The van der Waals surface area contributed by atoms with E-state index in [0.29, 0.717) is 27.9 Å². The fraction of sp³-hybridized carbons (Fsp3) is 0.273. The highest BCUT2D eigenvalue weighted by Crippen LogP contribution is 2.39. The number of halogens is 1. The minimum Gasteiger partial charge on any atom is -0.493 e. The van der Waals surface area contributed by atoms with Crippen LogP contribution in [0.3, 0.4) is 0 Å². The fourth-order valence-corrected chi connectivity index (χ4v) is 1.95. The average molecular weight is 270 g/mol. The third kappa shape index (κ3) is 2.12. The Labute approximate surface area is 109 Å². The van der Waals surface area contributed by atoms with Crippen molar-refractivity contribution in [1.29, 1.82) is 0 Å². The van der Waals surface area contributed by atoms with Gasteiger partial charge in [0.2, 0.25) is 6.39 Å². The Morgan fingerprint density at radius 3 is 2.67 bits per heavy atom. The van der Waals surface area contributed by atoms with Crippen molar-refractivity contribution < 1.29 is 14.0 Å². The molecule has 6 nitrogen and oxygen atoms in total. The van der Waals surface area contributed by atoms with Crippen molar-refractivity contribution in [3.63, 3.8) is 0 Å². The summed E-state index contributed by atoms with van der Waals surface area (Å²) in [5.74, 6) is 1.31. The minimum atomic E-state index is -0.587. The van der Waals surface area contributed by atoms with Crippen LogP contribution in [0.25, 0.3) is 0 Å². The zero-order valence-electron chi connectivity index (χ0n) is 9.88. The molecule has 0 spiro atoms. The summed E-state index contributed by atoms with van der Waals surface area (Å²) >= 11 is 6.23. The molecule has 0 amide bonds. The lowest BCUT2D eigenvalue weighted by Gasteiger charge is -2.15. The van der Waals surface area contributed by atoms with Crippen LogP contribution >= 0.6 is 11.6 Å². The largest absolute Gasteiger partial charge is 0.493 e. The Hall–Kier alpha value is -1.79. The van der Waals surface area contributed by atoms with Crippen LogP contribution in [0.2, 0.25) is 5.02 Å². The summed E-state index contributed by atoms with van der Waals surface area (Å²) in [4.78, 5) is 3.90. The van der Waals surface area contributed by atoms with Crippen molar-refractivity contribution in [1.82, 2.24) is 10.1 Å². The molecule has 1 atom stereocenters. The van der Waals surface area contributed by atoms with E-state index in [0.717, 1.165) is 0 Å². The fourth-order valence-electron chi connectivity index (χ4n) is 1.60. The predicted molar refractivity (Wildman–Crippen MR) is 64.9 cm³/mol. The monoisotopic (exact) mass is 269 g/mol. The summed E-state index contributed by atoms with van der Waals surface area (Å²) < 4.78 is 15.0. The number of nitrogens with two attached hydrogens (primary N) is 1. The minimum absolute atomic E-state index is 0.351. The van der Waals surface area contributed by atoms with Gasteiger partial charge in [0.1, 0.15) is 0 Å². The Morgan fingerprint density at radius 2 is 2.11 bits per heavy atom. The van der Waals surface area contributed by atoms with Crippen molar-refractivity contribution in [2.75, 3.05) is 14.2 Å². The van der Waals surface area contributed by atoms with Gasteiger partial charge in [-0.2, -0.15) is 4.98 Å². The normalized spacial score (nSPS) is 12.2. The van der Waals surface area contributed by atoms with E-state index in [9.17, 15) is 0 Å². The SMILES string of the molecule is COc1ccc(C(N)c2ncon2)c(Cl)c1OC. The van der Waals surface area contributed by atoms with Crippen LogP contribution in [0.4, 0.5) is 0 Å². The number of rotatable bonds is 4. The van der Waals surface area contributed by atoms with Crippen LogP contribution in [0.5, 0.6) is 11.5 Å². The molecule has 2 N–H and O–H groups in total. The number of hydrogen-bond acceptors (Lipinski definition) is 6. The van der Waals surface area contributed by atoms with Gasteiger partial charge < -0.3 is 19.7 Å². The summed E-state index contributed by atoms with van der Waals surface area (Å²) in [7, 11) is 3.04. The standard InChI is InChI=1S/C11H12ClN3O3/c1-16-7-4-3-6(8(12)10(7)17-2)9(13)11-14-5-18-15-11/h3-5,9H,13H2,1-2H3. The maximum absolute atomic E-state index is 6.23. The van der Waals surface area contributed by atoms with Gasteiger partial charge in [0.05, 0.1) is 25.3 Å². The van der Waals surface area contributed by atoms with E-state index in [2.05, 4.69) is 14.7 Å². The lowest BCUT2D eigenvalue weighted by atomic mass is 10.1. The quantitative estimate of drug-likeness (QED) is 0.911. The van der Waals surface area contributed by atoms with Crippen LogP contribution in [0.15, 0.2) is 23.0 Å². The number of aromatic nitrogens is 2. The molecule has 0 aliphatic carbocycles. The molecule has 0 saturated heterocycles. The number of ether oxygens (including phenoxy) is 2. The predicted octanol–water partition coefficient (Wildman–Crippen LogP) is 1.79. The zero-order chi connectivity index (χ0) is 13.1. The van der Waals surface area contributed by atoms with Crippen molar-refractivity contribution in [3.8, 4) is 11.5 Å². The second-order valence-electron chi connectivity index (χ2n) is 3.47. The molecular formula is C11H12ClN3O3. The van der Waals surface area contributed by atoms with Crippen molar-refractivity contribution in [2.24, 2.45) is 5.73 Å². The van der Waals surface area contributed by atoms with E-state index in [1.165, 1.54) is 20.6 Å². The third-order valence-electron chi connectivity index (χ3n) is 2.51. The lowest BCUT2D eigenvalue weighted by molar-refractivity contribution is 0.354. The second-order valence-corrected chi connectivity index (χ2v) is 3.85. The first-order valence-electron chi connectivity index (χ1n) is 5.11. The van der Waals surface area contributed by atoms with Gasteiger partial charge in [-0.1, -0.05) is 22.8 Å². The van der Waals surface area contributed by atoms with E-state index in [4.69, 9.17) is 26.8 Å². The van der Waals surface area contributed by atoms with Gasteiger partial charge in [0.25, 0.3) is 0 Å². The molecule has 0 fully saturated rings. The highest BCUT2D eigenvalue weighted by molar-refractivity contribution is 6.33. The van der Waals surface area contributed by atoms with Gasteiger partial charge in [0.15, 0.2) is 17.3 Å². The molecule has 2 rings (SSSR count). The summed E-state index contributed by atoms with van der Waals surface area (Å²) in [6.07, 6.45) is 1.21. The van der Waals surface area contributed by atoms with Crippen LogP contribution < -0.4 is 15.2 Å². The first-order valence-corrected chi connectivity index (χ1v) is 5.49. The van der Waals surface area contributed by atoms with E-state index in [-0.39, 0.29) is 0 Å². The highest BCUT2D eigenvalue weighted by Gasteiger charge is 2.21. The molecule has 1 heterocycles. The second kappa shape index (κ2) is 5.24. The number of nitrogens with zero attached hydrogens (tertiary/aromatic N) is 2. The molecule has 18 heavy (non-hydrogen) atoms. The highest BCUT2D eigenvalue weighted by atomic mass is 35.5. The molecule has 7 heteroatoms. The lowest BCUT2D eigenvalue weighted by Crippen LogP contribution is -2.14. The number of hydrogen-bond donors (Lipinski definition) is 1. The summed E-state index contributed by atoms with van der Waals surface area (Å²) in [6.45, 7) is 0. The molecule has 0 bridgehead atoms. The summed E-state index contributed by atoms with van der Waals surface area (Å²) in [5, 5.41) is 4.06.